The monoisotopic (exact) mass is 238 g/mol. The van der Waals surface area contributed by atoms with Gasteiger partial charge in [-0.15, -0.1) is 0 Å². The van der Waals surface area contributed by atoms with E-state index in [0.717, 1.165) is 12.8 Å². The predicted molar refractivity (Wildman–Crippen MR) is 70.7 cm³/mol. The number of aromatic nitrogens is 1. The number of rotatable bonds is 2. The van der Waals surface area contributed by atoms with Gasteiger partial charge in [0, 0.05) is 11.8 Å². The standard InChI is InChI=1S/C15H14N2O/c18-15(17-14-6-1-2-9-16-14)13-8-7-11-4-3-5-12(11)10-13/h1-2,6-10H,3-5H2,(H,16,17,18). The maximum absolute atomic E-state index is 12.1. The van der Waals surface area contributed by atoms with Gasteiger partial charge in [0.25, 0.3) is 5.91 Å². The van der Waals surface area contributed by atoms with Gasteiger partial charge in [-0.1, -0.05) is 12.1 Å². The van der Waals surface area contributed by atoms with Gasteiger partial charge in [-0.3, -0.25) is 4.79 Å². The van der Waals surface area contributed by atoms with Gasteiger partial charge in [-0.25, -0.2) is 4.98 Å². The summed E-state index contributed by atoms with van der Waals surface area (Å²) in [6, 6.07) is 11.4. The Morgan fingerprint density at radius 3 is 2.83 bits per heavy atom. The van der Waals surface area contributed by atoms with Crippen LogP contribution in [0.25, 0.3) is 0 Å². The first kappa shape index (κ1) is 11.0. The zero-order valence-electron chi connectivity index (χ0n) is 10.0. The van der Waals surface area contributed by atoms with Crippen molar-refractivity contribution in [2.24, 2.45) is 0 Å². The third kappa shape index (κ3) is 2.12. The lowest BCUT2D eigenvalue weighted by molar-refractivity contribution is 0.102. The van der Waals surface area contributed by atoms with E-state index in [1.165, 1.54) is 17.5 Å². The fourth-order valence-corrected chi connectivity index (χ4v) is 2.34. The lowest BCUT2D eigenvalue weighted by Gasteiger charge is -2.06. The quantitative estimate of drug-likeness (QED) is 0.874. The second kappa shape index (κ2) is 4.61. The number of pyridine rings is 1. The molecular formula is C15H14N2O. The number of hydrogen-bond donors (Lipinski definition) is 1. The number of benzene rings is 1. The van der Waals surface area contributed by atoms with Crippen molar-refractivity contribution >= 4 is 11.7 Å². The summed E-state index contributed by atoms with van der Waals surface area (Å²) in [5.41, 5.74) is 3.40. The van der Waals surface area contributed by atoms with Gasteiger partial charge >= 0.3 is 0 Å². The number of hydrogen-bond acceptors (Lipinski definition) is 2. The highest BCUT2D eigenvalue weighted by Crippen LogP contribution is 2.23. The minimum absolute atomic E-state index is 0.0941. The highest BCUT2D eigenvalue weighted by atomic mass is 16.1. The van der Waals surface area contributed by atoms with Gasteiger partial charge in [-0.2, -0.15) is 0 Å². The molecule has 90 valence electrons. The molecule has 0 spiro atoms. The lowest BCUT2D eigenvalue weighted by Crippen LogP contribution is -2.13. The molecule has 0 saturated carbocycles. The molecule has 0 bridgehead atoms. The molecule has 2 aromatic rings. The first-order valence-electron chi connectivity index (χ1n) is 6.17. The van der Waals surface area contributed by atoms with Crippen LogP contribution in [0.5, 0.6) is 0 Å². The number of aryl methyl sites for hydroxylation is 2. The Kier molecular flexibility index (Phi) is 2.81. The van der Waals surface area contributed by atoms with E-state index in [9.17, 15) is 4.79 Å². The molecular weight excluding hydrogens is 224 g/mol. The van der Waals surface area contributed by atoms with Crippen LogP contribution >= 0.6 is 0 Å². The van der Waals surface area contributed by atoms with E-state index in [4.69, 9.17) is 0 Å². The summed E-state index contributed by atoms with van der Waals surface area (Å²) in [6.45, 7) is 0. The molecule has 1 N–H and O–H groups in total. The normalized spacial score (nSPS) is 13.1. The van der Waals surface area contributed by atoms with E-state index in [0.29, 0.717) is 11.4 Å². The zero-order valence-corrected chi connectivity index (χ0v) is 10.0. The van der Waals surface area contributed by atoms with Crippen molar-refractivity contribution in [1.82, 2.24) is 4.98 Å². The van der Waals surface area contributed by atoms with Gasteiger partial charge in [-0.05, 0) is 54.7 Å². The highest BCUT2D eigenvalue weighted by Gasteiger charge is 2.14. The van der Waals surface area contributed by atoms with E-state index in [-0.39, 0.29) is 5.91 Å². The summed E-state index contributed by atoms with van der Waals surface area (Å²) in [5.74, 6) is 0.492. The lowest BCUT2D eigenvalue weighted by atomic mass is 10.1. The topological polar surface area (TPSA) is 42.0 Å². The smallest absolute Gasteiger partial charge is 0.256 e. The number of amides is 1. The van der Waals surface area contributed by atoms with Crippen LogP contribution in [-0.2, 0) is 12.8 Å². The molecule has 1 amide bonds. The molecule has 1 aromatic heterocycles. The van der Waals surface area contributed by atoms with Crippen LogP contribution in [0.3, 0.4) is 0 Å². The Balaban J connectivity index is 1.81. The first-order valence-corrected chi connectivity index (χ1v) is 6.17. The van der Waals surface area contributed by atoms with Crippen LogP contribution in [0.15, 0.2) is 42.6 Å². The molecule has 1 heterocycles. The molecule has 0 aliphatic heterocycles. The summed E-state index contributed by atoms with van der Waals surface area (Å²) < 4.78 is 0. The average molecular weight is 238 g/mol. The SMILES string of the molecule is O=C(Nc1ccccn1)c1ccc2c(c1)CCC2. The minimum Gasteiger partial charge on any atom is -0.307 e. The minimum atomic E-state index is -0.0941. The second-order valence-electron chi connectivity index (χ2n) is 4.51. The van der Waals surface area contributed by atoms with Gasteiger partial charge in [0.05, 0.1) is 0 Å². The van der Waals surface area contributed by atoms with Crippen molar-refractivity contribution in [2.45, 2.75) is 19.3 Å². The van der Waals surface area contributed by atoms with E-state index in [2.05, 4.69) is 16.4 Å². The van der Waals surface area contributed by atoms with Crippen LogP contribution < -0.4 is 5.32 Å². The largest absolute Gasteiger partial charge is 0.307 e. The molecule has 18 heavy (non-hydrogen) atoms. The van der Waals surface area contributed by atoms with Gasteiger partial charge in [0.2, 0.25) is 0 Å². The number of carbonyl (C=O) groups is 1. The van der Waals surface area contributed by atoms with Crippen LogP contribution in [0.2, 0.25) is 0 Å². The zero-order chi connectivity index (χ0) is 12.4. The Bertz CT molecular complexity index is 578. The first-order chi connectivity index (χ1) is 8.83. The van der Waals surface area contributed by atoms with Gasteiger partial charge in [0.1, 0.15) is 5.82 Å². The summed E-state index contributed by atoms with van der Waals surface area (Å²) in [4.78, 5) is 16.1. The van der Waals surface area contributed by atoms with Crippen LogP contribution in [-0.4, -0.2) is 10.9 Å². The van der Waals surface area contributed by atoms with Crippen molar-refractivity contribution in [3.63, 3.8) is 0 Å². The highest BCUT2D eigenvalue weighted by molar-refractivity contribution is 6.03. The van der Waals surface area contributed by atoms with E-state index in [1.807, 2.05) is 24.3 Å². The summed E-state index contributed by atoms with van der Waals surface area (Å²) in [6.07, 6.45) is 5.08. The van der Waals surface area contributed by atoms with Crippen LogP contribution in [0, 0.1) is 0 Å². The molecule has 0 saturated heterocycles. The number of nitrogens with one attached hydrogen (secondary N) is 1. The molecule has 3 heteroatoms. The van der Waals surface area contributed by atoms with Crippen molar-refractivity contribution < 1.29 is 4.79 Å². The molecule has 3 rings (SSSR count). The average Bonchev–Trinajstić information content (AvgIpc) is 2.87. The summed E-state index contributed by atoms with van der Waals surface area (Å²) in [7, 11) is 0. The van der Waals surface area contributed by atoms with Gasteiger partial charge < -0.3 is 5.32 Å². The Labute approximate surface area is 106 Å². The molecule has 0 radical (unpaired) electrons. The summed E-state index contributed by atoms with van der Waals surface area (Å²) in [5, 5.41) is 2.80. The molecule has 1 aliphatic carbocycles. The molecule has 0 atom stereocenters. The third-order valence-electron chi connectivity index (χ3n) is 3.27. The van der Waals surface area contributed by atoms with E-state index < -0.39 is 0 Å². The number of anilines is 1. The number of fused-ring (bicyclic) bond motifs is 1. The van der Waals surface area contributed by atoms with Crippen molar-refractivity contribution in [1.29, 1.82) is 0 Å². The van der Waals surface area contributed by atoms with Crippen molar-refractivity contribution in [3.05, 3.63) is 59.3 Å². The van der Waals surface area contributed by atoms with Crippen molar-refractivity contribution in [3.8, 4) is 0 Å². The maximum Gasteiger partial charge on any atom is 0.256 e. The molecule has 0 fully saturated rings. The van der Waals surface area contributed by atoms with E-state index >= 15 is 0 Å². The van der Waals surface area contributed by atoms with Crippen molar-refractivity contribution in [2.75, 3.05) is 5.32 Å². The maximum atomic E-state index is 12.1. The molecule has 3 nitrogen and oxygen atoms in total. The van der Waals surface area contributed by atoms with Crippen LogP contribution in [0.1, 0.15) is 27.9 Å². The Hall–Kier alpha value is -2.16. The van der Waals surface area contributed by atoms with Gasteiger partial charge in [0.15, 0.2) is 0 Å². The third-order valence-corrected chi connectivity index (χ3v) is 3.27. The second-order valence-corrected chi connectivity index (χ2v) is 4.51. The number of nitrogens with zero attached hydrogens (tertiary/aromatic N) is 1. The molecule has 1 aliphatic rings. The fourth-order valence-electron chi connectivity index (χ4n) is 2.34. The Morgan fingerprint density at radius 1 is 1.11 bits per heavy atom. The molecule has 1 aromatic carbocycles. The Morgan fingerprint density at radius 2 is 2.00 bits per heavy atom. The summed E-state index contributed by atoms with van der Waals surface area (Å²) >= 11 is 0. The molecule has 0 unspecified atom stereocenters. The van der Waals surface area contributed by atoms with E-state index in [1.54, 1.807) is 12.3 Å². The van der Waals surface area contributed by atoms with Crippen LogP contribution in [0.4, 0.5) is 5.82 Å². The predicted octanol–water partition coefficient (Wildman–Crippen LogP) is 2.82. The fraction of sp³-hybridized carbons (Fsp3) is 0.200. The number of carbonyl (C=O) groups excluding carboxylic acids is 1.